The molecule has 1 aliphatic heterocycles. The normalized spacial score (nSPS) is 16.6. The molecule has 128 valence electrons. The average molecular weight is 355 g/mol. The van der Waals surface area contributed by atoms with Gasteiger partial charge in [-0.2, -0.15) is 5.10 Å². The van der Waals surface area contributed by atoms with Crippen molar-refractivity contribution in [3.63, 3.8) is 0 Å². The van der Waals surface area contributed by atoms with Gasteiger partial charge in [-0.3, -0.25) is 10.1 Å². The van der Waals surface area contributed by atoms with E-state index in [1.54, 1.807) is 41.9 Å². The second kappa shape index (κ2) is 6.73. The summed E-state index contributed by atoms with van der Waals surface area (Å²) >= 11 is 1.71. The maximum absolute atomic E-state index is 10.7. The van der Waals surface area contributed by atoms with Gasteiger partial charge in [-0.1, -0.05) is 0 Å². The fourth-order valence-electron chi connectivity index (χ4n) is 3.02. The van der Waals surface area contributed by atoms with Crippen LogP contribution in [0.5, 0.6) is 0 Å². The molecule has 0 amide bonds. The van der Waals surface area contributed by atoms with Crippen LogP contribution in [0.25, 0.3) is 10.4 Å². The molecule has 3 heterocycles. The number of thiophene rings is 1. The van der Waals surface area contributed by atoms with Crippen LogP contribution in [0, 0.1) is 10.1 Å². The number of nitrogens with zero attached hydrogens (tertiary/aromatic N) is 4. The van der Waals surface area contributed by atoms with E-state index in [2.05, 4.69) is 27.5 Å². The Morgan fingerprint density at radius 3 is 2.92 bits per heavy atom. The Balaban J connectivity index is 1.38. The third-order valence-corrected chi connectivity index (χ3v) is 5.53. The third kappa shape index (κ3) is 3.45. The van der Waals surface area contributed by atoms with E-state index in [0.29, 0.717) is 6.04 Å². The van der Waals surface area contributed by atoms with E-state index in [1.165, 1.54) is 4.88 Å². The highest BCUT2D eigenvalue weighted by Crippen LogP contribution is 2.29. The van der Waals surface area contributed by atoms with E-state index in [4.69, 9.17) is 0 Å². The fraction of sp³-hybridized carbons (Fsp3) is 0.294. The molecule has 8 heteroatoms. The van der Waals surface area contributed by atoms with Gasteiger partial charge in [0, 0.05) is 40.9 Å². The molecule has 0 bridgehead atoms. The van der Waals surface area contributed by atoms with Crippen LogP contribution in [0.1, 0.15) is 17.1 Å². The summed E-state index contributed by atoms with van der Waals surface area (Å²) < 4.78 is 1.97. The topological polar surface area (TPSA) is 85.9 Å². The zero-order valence-corrected chi connectivity index (χ0v) is 14.3. The van der Waals surface area contributed by atoms with Gasteiger partial charge < -0.3 is 5.32 Å². The number of aryl methyl sites for hydroxylation is 1. The monoisotopic (exact) mass is 355 g/mol. The predicted octanol–water partition coefficient (Wildman–Crippen LogP) is 3.02. The van der Waals surface area contributed by atoms with Crippen molar-refractivity contribution < 1.29 is 4.92 Å². The lowest BCUT2D eigenvalue weighted by molar-refractivity contribution is -0.384. The molecule has 1 aliphatic rings. The molecule has 1 N–H and O–H groups in total. The summed E-state index contributed by atoms with van der Waals surface area (Å²) in [5, 5.41) is 18.6. The predicted molar refractivity (Wildman–Crippen MR) is 95.4 cm³/mol. The van der Waals surface area contributed by atoms with E-state index in [1.807, 2.05) is 4.68 Å². The second-order valence-corrected chi connectivity index (χ2v) is 7.21. The molecule has 0 aliphatic carbocycles. The number of hydrogen-bond donors (Lipinski definition) is 1. The summed E-state index contributed by atoms with van der Waals surface area (Å²) in [4.78, 5) is 17.0. The van der Waals surface area contributed by atoms with Gasteiger partial charge in [0.25, 0.3) is 5.69 Å². The molecular weight excluding hydrogens is 338 g/mol. The first-order chi connectivity index (χ1) is 12.2. The molecule has 7 nitrogen and oxygen atoms in total. The number of rotatable bonds is 5. The van der Waals surface area contributed by atoms with E-state index in [0.717, 1.165) is 42.2 Å². The van der Waals surface area contributed by atoms with Gasteiger partial charge >= 0.3 is 0 Å². The van der Waals surface area contributed by atoms with E-state index in [9.17, 15) is 10.1 Å². The van der Waals surface area contributed by atoms with Crippen molar-refractivity contribution in [2.75, 3.05) is 0 Å². The highest BCUT2D eigenvalue weighted by Gasteiger charge is 2.19. The van der Waals surface area contributed by atoms with Crippen LogP contribution in [-0.2, 0) is 19.5 Å². The molecule has 0 saturated carbocycles. The summed E-state index contributed by atoms with van der Waals surface area (Å²) in [5.74, 6) is 1.06. The maximum Gasteiger partial charge on any atom is 0.269 e. The molecule has 0 spiro atoms. The van der Waals surface area contributed by atoms with Gasteiger partial charge in [0.1, 0.15) is 12.2 Å². The summed E-state index contributed by atoms with van der Waals surface area (Å²) in [5.41, 5.74) is 1.12. The lowest BCUT2D eigenvalue weighted by atomic mass is 10.1. The van der Waals surface area contributed by atoms with Crippen LogP contribution < -0.4 is 5.32 Å². The smallest absolute Gasteiger partial charge is 0.269 e. The Morgan fingerprint density at radius 2 is 2.12 bits per heavy atom. The second-order valence-electron chi connectivity index (χ2n) is 6.04. The zero-order chi connectivity index (χ0) is 17.2. The van der Waals surface area contributed by atoms with Crippen LogP contribution in [0.4, 0.5) is 5.69 Å². The molecule has 0 radical (unpaired) electrons. The lowest BCUT2D eigenvalue weighted by Crippen LogP contribution is -2.37. The molecular formula is C17H17N5O2S. The van der Waals surface area contributed by atoms with Crippen LogP contribution in [0.2, 0.25) is 0 Å². The van der Waals surface area contributed by atoms with Crippen molar-refractivity contribution >= 4 is 17.0 Å². The molecule has 0 fully saturated rings. The van der Waals surface area contributed by atoms with Crippen LogP contribution >= 0.6 is 11.3 Å². The van der Waals surface area contributed by atoms with E-state index in [-0.39, 0.29) is 10.6 Å². The van der Waals surface area contributed by atoms with Crippen LogP contribution in [-0.4, -0.2) is 25.7 Å². The number of benzene rings is 1. The molecule has 2 aromatic heterocycles. The van der Waals surface area contributed by atoms with Gasteiger partial charge in [0.15, 0.2) is 0 Å². The van der Waals surface area contributed by atoms with Crippen molar-refractivity contribution in [1.82, 2.24) is 20.1 Å². The van der Waals surface area contributed by atoms with Crippen molar-refractivity contribution in [3.05, 3.63) is 63.5 Å². The Kier molecular flexibility index (Phi) is 4.29. The number of hydrogen-bond acceptors (Lipinski definition) is 6. The minimum atomic E-state index is -0.377. The summed E-state index contributed by atoms with van der Waals surface area (Å²) in [6.45, 7) is 1.67. The quantitative estimate of drug-likeness (QED) is 0.562. The standard InChI is InChI=1S/C17H17N5O2S/c23-22(24)14-4-1-12(2-5-14)16-7-6-15(25-16)9-18-13-3-8-17-19-11-20-21(17)10-13/h1-2,4-7,11,13,18H,3,8-10H2. The van der Waals surface area contributed by atoms with Gasteiger partial charge in [-0.15, -0.1) is 11.3 Å². The number of non-ortho nitro benzene ring substituents is 1. The molecule has 0 saturated heterocycles. The van der Waals surface area contributed by atoms with Crippen molar-refractivity contribution in [1.29, 1.82) is 0 Å². The van der Waals surface area contributed by atoms with Gasteiger partial charge in [-0.05, 0) is 36.2 Å². The first-order valence-electron chi connectivity index (χ1n) is 8.12. The van der Waals surface area contributed by atoms with Gasteiger partial charge in [0.05, 0.1) is 11.5 Å². The minimum absolute atomic E-state index is 0.118. The van der Waals surface area contributed by atoms with Gasteiger partial charge in [-0.25, -0.2) is 9.67 Å². The first-order valence-corrected chi connectivity index (χ1v) is 8.94. The molecule has 4 rings (SSSR count). The van der Waals surface area contributed by atoms with Crippen molar-refractivity contribution in [2.24, 2.45) is 0 Å². The summed E-state index contributed by atoms with van der Waals surface area (Å²) in [6.07, 6.45) is 3.64. The Bertz CT molecular complexity index is 887. The first kappa shape index (κ1) is 15.9. The SMILES string of the molecule is O=[N+]([O-])c1ccc(-c2ccc(CNC3CCc4ncnn4C3)s2)cc1. The third-order valence-electron chi connectivity index (χ3n) is 4.39. The number of nitrogens with one attached hydrogen (secondary N) is 1. The van der Waals surface area contributed by atoms with Crippen molar-refractivity contribution in [3.8, 4) is 10.4 Å². The Morgan fingerprint density at radius 1 is 1.28 bits per heavy atom. The Hall–Kier alpha value is -2.58. The van der Waals surface area contributed by atoms with Crippen molar-refractivity contribution in [2.45, 2.75) is 32.0 Å². The Labute approximate surface area is 148 Å². The highest BCUT2D eigenvalue weighted by molar-refractivity contribution is 7.15. The largest absolute Gasteiger partial charge is 0.307 e. The number of nitro groups is 1. The van der Waals surface area contributed by atoms with E-state index >= 15 is 0 Å². The zero-order valence-electron chi connectivity index (χ0n) is 13.5. The number of aromatic nitrogens is 3. The summed E-state index contributed by atoms with van der Waals surface area (Å²) in [7, 11) is 0. The van der Waals surface area contributed by atoms with Crippen LogP contribution in [0.3, 0.4) is 0 Å². The van der Waals surface area contributed by atoms with E-state index < -0.39 is 0 Å². The van der Waals surface area contributed by atoms with Gasteiger partial charge in [0.2, 0.25) is 0 Å². The number of nitro benzene ring substituents is 1. The lowest BCUT2D eigenvalue weighted by Gasteiger charge is -2.23. The maximum atomic E-state index is 10.7. The fourth-order valence-corrected chi connectivity index (χ4v) is 3.99. The van der Waals surface area contributed by atoms with Crippen LogP contribution in [0.15, 0.2) is 42.7 Å². The molecule has 1 unspecified atom stereocenters. The molecule has 25 heavy (non-hydrogen) atoms. The minimum Gasteiger partial charge on any atom is -0.307 e. The summed E-state index contributed by atoms with van der Waals surface area (Å²) in [6, 6.07) is 11.3. The molecule has 1 atom stereocenters. The average Bonchev–Trinajstić information content (AvgIpc) is 3.29. The highest BCUT2D eigenvalue weighted by atomic mass is 32.1. The number of fused-ring (bicyclic) bond motifs is 1. The molecule has 1 aromatic carbocycles. The molecule has 3 aromatic rings.